The number of hydrogen-bond donors (Lipinski definition) is 2. The molecule has 0 saturated carbocycles. The molecule has 0 amide bonds. The van der Waals surface area contributed by atoms with Crippen molar-refractivity contribution in [1.82, 2.24) is 9.89 Å². The highest BCUT2D eigenvalue weighted by Gasteiger charge is 2.24. The molecule has 1 fully saturated rings. The summed E-state index contributed by atoms with van der Waals surface area (Å²) in [5.41, 5.74) is 2.42. The summed E-state index contributed by atoms with van der Waals surface area (Å²) in [6.07, 6.45) is 0.249. The van der Waals surface area contributed by atoms with Crippen LogP contribution in [0, 0.1) is 11.3 Å². The van der Waals surface area contributed by atoms with Crippen LogP contribution in [0.5, 0.6) is 0 Å². The number of anilines is 1. The molecule has 8 nitrogen and oxygen atoms in total. The average Bonchev–Trinajstić information content (AvgIpc) is 2.62. The fraction of sp³-hybridized carbons (Fsp3) is 0.312. The molecule has 124 valence electrons. The second-order valence-electron chi connectivity index (χ2n) is 5.46. The summed E-state index contributed by atoms with van der Waals surface area (Å²) < 4.78 is 5.92. The van der Waals surface area contributed by atoms with Gasteiger partial charge in [0, 0.05) is 13.1 Å². The van der Waals surface area contributed by atoms with Crippen LogP contribution >= 0.6 is 0 Å². The van der Waals surface area contributed by atoms with Crippen LogP contribution in [0.25, 0.3) is 0 Å². The quantitative estimate of drug-likeness (QED) is 0.606. The number of nitriles is 1. The molecule has 3 rings (SSSR count). The molecule has 4 N–H and O–H groups in total. The first-order valence-electron chi connectivity index (χ1n) is 7.63. The van der Waals surface area contributed by atoms with Crippen LogP contribution in [-0.2, 0) is 11.2 Å². The first-order valence-corrected chi connectivity index (χ1v) is 7.63. The molecule has 24 heavy (non-hydrogen) atoms. The summed E-state index contributed by atoms with van der Waals surface area (Å²) in [5.74, 6) is 11.8. The third-order valence-electron chi connectivity index (χ3n) is 4.02. The van der Waals surface area contributed by atoms with E-state index in [0.29, 0.717) is 31.6 Å². The lowest BCUT2D eigenvalue weighted by Crippen LogP contribution is -2.41. The first kappa shape index (κ1) is 15.8. The number of nitrogen functional groups attached to an aromatic ring is 1. The van der Waals surface area contributed by atoms with Crippen LogP contribution in [0.2, 0.25) is 0 Å². The van der Waals surface area contributed by atoms with Gasteiger partial charge in [0.1, 0.15) is 6.10 Å². The molecule has 1 aromatic carbocycles. The molecule has 8 heteroatoms. The maximum atomic E-state index is 9.01. The smallest absolute Gasteiger partial charge is 0.190 e. The van der Waals surface area contributed by atoms with Gasteiger partial charge in [0.2, 0.25) is 0 Å². The van der Waals surface area contributed by atoms with Crippen molar-refractivity contribution in [2.45, 2.75) is 12.5 Å². The highest BCUT2D eigenvalue weighted by molar-refractivity contribution is 5.39. The van der Waals surface area contributed by atoms with E-state index in [0.717, 1.165) is 21.7 Å². The zero-order valence-electron chi connectivity index (χ0n) is 13.2. The lowest BCUT2D eigenvalue weighted by atomic mass is 9.99. The van der Waals surface area contributed by atoms with E-state index in [1.165, 1.54) is 0 Å². The molecule has 1 aliphatic rings. The van der Waals surface area contributed by atoms with Gasteiger partial charge >= 0.3 is 0 Å². The Bertz CT molecular complexity index is 824. The topological polar surface area (TPSA) is 118 Å². The zero-order chi connectivity index (χ0) is 16.9. The molecule has 0 spiro atoms. The Kier molecular flexibility index (Phi) is 4.63. The van der Waals surface area contributed by atoms with Gasteiger partial charge in [0.15, 0.2) is 11.3 Å². The molecule has 1 saturated heterocycles. The van der Waals surface area contributed by atoms with E-state index in [1.54, 1.807) is 6.07 Å². The standard InChI is InChI=1S/C16H19N7O/c17-8-7-12-3-1-2-4-13(12)14-11-22(9-10-24-14)16-6-5-15(20-18)23(19)21-16/h1-6,14H,7,9-11,18-19H2/b20-15-. The van der Waals surface area contributed by atoms with Crippen LogP contribution in [0.4, 0.5) is 5.82 Å². The maximum absolute atomic E-state index is 9.01. The van der Waals surface area contributed by atoms with Crippen molar-refractivity contribution in [3.05, 3.63) is 53.0 Å². The van der Waals surface area contributed by atoms with Gasteiger partial charge < -0.3 is 21.3 Å². The minimum Gasteiger partial charge on any atom is -0.370 e. The van der Waals surface area contributed by atoms with Crippen molar-refractivity contribution >= 4 is 5.82 Å². The number of benzene rings is 1. The molecular formula is C16H19N7O. The number of nitrogens with two attached hydrogens (primary N) is 2. The second-order valence-corrected chi connectivity index (χ2v) is 5.46. The van der Waals surface area contributed by atoms with Crippen LogP contribution in [0.15, 0.2) is 41.5 Å². The number of rotatable bonds is 3. The Morgan fingerprint density at radius 1 is 1.33 bits per heavy atom. The van der Waals surface area contributed by atoms with Gasteiger partial charge in [0.25, 0.3) is 0 Å². The van der Waals surface area contributed by atoms with E-state index >= 15 is 0 Å². The summed E-state index contributed by atoms with van der Waals surface area (Å²) in [6.45, 7) is 1.92. The molecule has 2 heterocycles. The van der Waals surface area contributed by atoms with Crippen molar-refractivity contribution in [3.63, 3.8) is 0 Å². The lowest BCUT2D eigenvalue weighted by Gasteiger charge is -2.34. The van der Waals surface area contributed by atoms with E-state index in [4.69, 9.17) is 21.7 Å². The van der Waals surface area contributed by atoms with Crippen molar-refractivity contribution in [3.8, 4) is 6.07 Å². The van der Waals surface area contributed by atoms with Crippen molar-refractivity contribution < 1.29 is 4.74 Å². The molecule has 1 aromatic heterocycles. The van der Waals surface area contributed by atoms with Crippen LogP contribution in [0.1, 0.15) is 17.2 Å². The minimum absolute atomic E-state index is 0.116. The van der Waals surface area contributed by atoms with Crippen molar-refractivity contribution in [2.24, 2.45) is 10.9 Å². The Labute approximate surface area is 139 Å². The van der Waals surface area contributed by atoms with Gasteiger partial charge in [-0.3, -0.25) is 0 Å². The lowest BCUT2D eigenvalue weighted by molar-refractivity contribution is 0.0389. The monoisotopic (exact) mass is 325 g/mol. The predicted octanol–water partition coefficient (Wildman–Crippen LogP) is 0.0153. The Hall–Kier alpha value is -3.05. The van der Waals surface area contributed by atoms with Crippen molar-refractivity contribution in [1.29, 1.82) is 5.26 Å². The van der Waals surface area contributed by atoms with E-state index < -0.39 is 0 Å². The van der Waals surface area contributed by atoms with Crippen molar-refractivity contribution in [2.75, 3.05) is 30.4 Å². The Morgan fingerprint density at radius 2 is 2.17 bits per heavy atom. The number of hydrogen-bond acceptors (Lipinski definition) is 7. The largest absolute Gasteiger partial charge is 0.370 e. The average molecular weight is 325 g/mol. The Morgan fingerprint density at radius 3 is 2.92 bits per heavy atom. The molecule has 0 bridgehead atoms. The predicted molar refractivity (Wildman–Crippen MR) is 88.8 cm³/mol. The molecular weight excluding hydrogens is 306 g/mol. The van der Waals surface area contributed by atoms with Crippen LogP contribution in [0.3, 0.4) is 0 Å². The summed E-state index contributed by atoms with van der Waals surface area (Å²) in [7, 11) is 0. The Balaban J connectivity index is 1.85. The summed E-state index contributed by atoms with van der Waals surface area (Å²) in [6, 6.07) is 13.6. The number of aromatic nitrogens is 2. The summed E-state index contributed by atoms with van der Waals surface area (Å²) in [5, 5.41) is 16.9. The molecule has 2 aromatic rings. The normalized spacial score (nSPS) is 18.4. The van der Waals surface area contributed by atoms with E-state index in [-0.39, 0.29) is 6.10 Å². The van der Waals surface area contributed by atoms with E-state index in [9.17, 15) is 0 Å². The molecule has 1 aliphatic heterocycles. The summed E-state index contributed by atoms with van der Waals surface area (Å²) >= 11 is 0. The highest BCUT2D eigenvalue weighted by Crippen LogP contribution is 2.27. The zero-order valence-corrected chi connectivity index (χ0v) is 13.2. The van der Waals surface area contributed by atoms with E-state index in [1.807, 2.05) is 30.3 Å². The second kappa shape index (κ2) is 7.02. The van der Waals surface area contributed by atoms with Gasteiger partial charge in [-0.05, 0) is 23.3 Å². The third kappa shape index (κ3) is 3.16. The van der Waals surface area contributed by atoms with E-state index in [2.05, 4.69) is 21.2 Å². The van der Waals surface area contributed by atoms with Crippen LogP contribution < -0.4 is 22.1 Å². The third-order valence-corrected chi connectivity index (χ3v) is 4.02. The van der Waals surface area contributed by atoms with Gasteiger partial charge in [0.05, 0.1) is 19.1 Å². The van der Waals surface area contributed by atoms with Gasteiger partial charge in [-0.2, -0.15) is 15.2 Å². The molecule has 0 aliphatic carbocycles. The number of ether oxygens (including phenoxy) is 1. The van der Waals surface area contributed by atoms with Gasteiger partial charge in [-0.15, -0.1) is 5.10 Å². The molecule has 1 unspecified atom stereocenters. The minimum atomic E-state index is -0.116. The molecule has 0 radical (unpaired) electrons. The van der Waals surface area contributed by atoms with Gasteiger partial charge in [-0.25, -0.2) is 0 Å². The fourth-order valence-corrected chi connectivity index (χ4v) is 2.83. The SMILES string of the molecule is N#CCc1ccccc1C1CN(c2cc/c(=N/N)n(N)n2)CCO1. The number of morpholine rings is 1. The first-order chi connectivity index (χ1) is 11.7. The van der Waals surface area contributed by atoms with Crippen LogP contribution in [-0.4, -0.2) is 29.6 Å². The highest BCUT2D eigenvalue weighted by atomic mass is 16.5. The number of nitrogens with zero attached hydrogens (tertiary/aromatic N) is 5. The van der Waals surface area contributed by atoms with Gasteiger partial charge in [-0.1, -0.05) is 24.3 Å². The fourth-order valence-electron chi connectivity index (χ4n) is 2.83. The maximum Gasteiger partial charge on any atom is 0.190 e. The molecule has 1 atom stereocenters. The summed E-state index contributed by atoms with van der Waals surface area (Å²) in [4.78, 5) is 3.25.